The molecule has 1 aromatic carbocycles. The fourth-order valence-corrected chi connectivity index (χ4v) is 1.77. The molecule has 2 unspecified atom stereocenters. The smallest absolute Gasteiger partial charge is 0.304 e. The third-order valence-electron chi connectivity index (χ3n) is 2.82. The summed E-state index contributed by atoms with van der Waals surface area (Å²) in [5.41, 5.74) is 0.654. The van der Waals surface area contributed by atoms with Crippen molar-refractivity contribution in [2.75, 3.05) is 14.1 Å². The van der Waals surface area contributed by atoms with Gasteiger partial charge in [-0.2, -0.15) is 0 Å². The Morgan fingerprint density at radius 2 is 1.89 bits per heavy atom. The molecule has 1 rings (SSSR count). The number of hydrogen-bond donors (Lipinski definition) is 1. The van der Waals surface area contributed by atoms with Gasteiger partial charge in [0.05, 0.1) is 6.10 Å². The zero-order valence-corrected chi connectivity index (χ0v) is 11.5. The standard InChI is InChI=1S/C14H20FNO3/c1-10(17)19-14(16(2)3)9-8-13(18)11-4-6-12(15)7-5-11/h4-7,13-14,18H,8-9H2,1-3H3. The molecule has 0 aliphatic heterocycles. The third-order valence-corrected chi connectivity index (χ3v) is 2.82. The van der Waals surface area contributed by atoms with E-state index in [-0.39, 0.29) is 18.0 Å². The van der Waals surface area contributed by atoms with Crippen LogP contribution < -0.4 is 0 Å². The quantitative estimate of drug-likeness (QED) is 0.634. The molecule has 1 aromatic rings. The summed E-state index contributed by atoms with van der Waals surface area (Å²) >= 11 is 0. The normalized spacial score (nSPS) is 14.2. The number of hydrogen-bond acceptors (Lipinski definition) is 4. The lowest BCUT2D eigenvalue weighted by atomic mass is 10.0. The van der Waals surface area contributed by atoms with Crippen LogP contribution in [0.15, 0.2) is 24.3 Å². The molecule has 5 heteroatoms. The number of esters is 1. The van der Waals surface area contributed by atoms with E-state index in [1.807, 2.05) is 0 Å². The molecule has 0 aromatic heterocycles. The minimum atomic E-state index is -0.696. The van der Waals surface area contributed by atoms with Crippen molar-refractivity contribution in [2.45, 2.75) is 32.1 Å². The van der Waals surface area contributed by atoms with Gasteiger partial charge in [0, 0.05) is 13.3 Å². The van der Waals surface area contributed by atoms with Gasteiger partial charge < -0.3 is 9.84 Å². The van der Waals surface area contributed by atoms with Gasteiger partial charge in [-0.25, -0.2) is 4.39 Å². The van der Waals surface area contributed by atoms with Gasteiger partial charge in [0.25, 0.3) is 0 Å². The third kappa shape index (κ3) is 5.36. The number of rotatable bonds is 6. The molecule has 0 heterocycles. The van der Waals surface area contributed by atoms with E-state index in [1.165, 1.54) is 19.1 Å². The average molecular weight is 269 g/mol. The molecule has 0 radical (unpaired) electrons. The van der Waals surface area contributed by atoms with Crippen LogP contribution in [0.3, 0.4) is 0 Å². The van der Waals surface area contributed by atoms with Crippen LogP contribution in [0.4, 0.5) is 4.39 Å². The number of aliphatic hydroxyl groups excluding tert-OH is 1. The van der Waals surface area contributed by atoms with Gasteiger partial charge in [-0.15, -0.1) is 0 Å². The minimum absolute atomic E-state index is 0.331. The Balaban J connectivity index is 2.53. The van der Waals surface area contributed by atoms with Crippen molar-refractivity contribution in [1.29, 1.82) is 0 Å². The zero-order valence-electron chi connectivity index (χ0n) is 11.5. The fraction of sp³-hybridized carbons (Fsp3) is 0.500. The predicted octanol–water partition coefficient (Wildman–Crippen LogP) is 2.09. The van der Waals surface area contributed by atoms with Gasteiger partial charge in [-0.3, -0.25) is 9.69 Å². The highest BCUT2D eigenvalue weighted by Crippen LogP contribution is 2.20. The second-order valence-corrected chi connectivity index (χ2v) is 4.67. The fourth-order valence-electron chi connectivity index (χ4n) is 1.77. The van der Waals surface area contributed by atoms with E-state index < -0.39 is 6.10 Å². The lowest BCUT2D eigenvalue weighted by Gasteiger charge is -2.24. The van der Waals surface area contributed by atoms with Gasteiger partial charge in [0.2, 0.25) is 0 Å². The van der Waals surface area contributed by atoms with Crippen LogP contribution in [-0.4, -0.2) is 36.3 Å². The molecule has 4 nitrogen and oxygen atoms in total. The summed E-state index contributed by atoms with van der Waals surface area (Å²) in [6.07, 6.45) is -0.126. The molecule has 0 saturated carbocycles. The summed E-state index contributed by atoms with van der Waals surface area (Å²) in [6, 6.07) is 5.73. The van der Waals surface area contributed by atoms with Crippen molar-refractivity contribution >= 4 is 5.97 Å². The summed E-state index contributed by atoms with van der Waals surface area (Å²) in [4.78, 5) is 12.7. The van der Waals surface area contributed by atoms with Crippen LogP contribution in [0.5, 0.6) is 0 Å². The number of halogens is 1. The Labute approximate surface area is 112 Å². The Bertz CT molecular complexity index is 406. The van der Waals surface area contributed by atoms with E-state index >= 15 is 0 Å². The summed E-state index contributed by atoms with van der Waals surface area (Å²) in [6.45, 7) is 1.35. The molecule has 19 heavy (non-hydrogen) atoms. The topological polar surface area (TPSA) is 49.8 Å². The molecule has 0 fully saturated rings. The second-order valence-electron chi connectivity index (χ2n) is 4.67. The molecule has 2 atom stereocenters. The first-order valence-corrected chi connectivity index (χ1v) is 6.17. The van der Waals surface area contributed by atoms with Crippen LogP contribution in [0.25, 0.3) is 0 Å². The van der Waals surface area contributed by atoms with Crippen LogP contribution >= 0.6 is 0 Å². The largest absolute Gasteiger partial charge is 0.447 e. The first-order chi connectivity index (χ1) is 8.90. The van der Waals surface area contributed by atoms with Crippen LogP contribution in [0, 0.1) is 5.82 Å². The van der Waals surface area contributed by atoms with Crippen molar-refractivity contribution < 1.29 is 19.0 Å². The van der Waals surface area contributed by atoms with E-state index in [4.69, 9.17) is 4.74 Å². The molecule has 0 amide bonds. The van der Waals surface area contributed by atoms with Gasteiger partial charge in [0.15, 0.2) is 6.23 Å². The maximum Gasteiger partial charge on any atom is 0.304 e. The highest BCUT2D eigenvalue weighted by molar-refractivity contribution is 5.66. The number of nitrogens with zero attached hydrogens (tertiary/aromatic N) is 1. The monoisotopic (exact) mass is 269 g/mol. The van der Waals surface area contributed by atoms with Gasteiger partial charge in [-0.05, 0) is 38.2 Å². The van der Waals surface area contributed by atoms with Gasteiger partial charge in [-0.1, -0.05) is 12.1 Å². The predicted molar refractivity (Wildman–Crippen MR) is 69.8 cm³/mol. The molecule has 0 bridgehead atoms. The van der Waals surface area contributed by atoms with Gasteiger partial charge >= 0.3 is 5.97 Å². The summed E-state index contributed by atoms with van der Waals surface area (Å²) in [5, 5.41) is 9.99. The molecule has 0 aliphatic carbocycles. The summed E-state index contributed by atoms with van der Waals surface area (Å²) in [7, 11) is 3.61. The molecular formula is C14H20FNO3. The Morgan fingerprint density at radius 1 is 1.32 bits per heavy atom. The average Bonchev–Trinajstić information content (AvgIpc) is 2.34. The Hall–Kier alpha value is -1.46. The molecular weight excluding hydrogens is 249 g/mol. The molecule has 0 spiro atoms. The molecule has 0 saturated heterocycles. The molecule has 1 N–H and O–H groups in total. The highest BCUT2D eigenvalue weighted by Gasteiger charge is 2.17. The second kappa shape index (κ2) is 7.21. The lowest BCUT2D eigenvalue weighted by Crippen LogP contribution is -2.32. The van der Waals surface area contributed by atoms with E-state index in [1.54, 1.807) is 31.1 Å². The van der Waals surface area contributed by atoms with Gasteiger partial charge in [0.1, 0.15) is 5.82 Å². The Kier molecular flexibility index (Phi) is 5.92. The van der Waals surface area contributed by atoms with Crippen molar-refractivity contribution in [3.8, 4) is 0 Å². The number of aliphatic hydroxyl groups is 1. The van der Waals surface area contributed by atoms with E-state index in [0.717, 1.165) is 0 Å². The number of ether oxygens (including phenoxy) is 1. The van der Waals surface area contributed by atoms with E-state index in [2.05, 4.69) is 0 Å². The summed E-state index contributed by atoms with van der Waals surface area (Å²) < 4.78 is 17.9. The highest BCUT2D eigenvalue weighted by atomic mass is 19.1. The van der Waals surface area contributed by atoms with E-state index in [9.17, 15) is 14.3 Å². The van der Waals surface area contributed by atoms with E-state index in [0.29, 0.717) is 18.4 Å². The maximum atomic E-state index is 12.8. The maximum absolute atomic E-state index is 12.8. The summed E-state index contributed by atoms with van der Waals surface area (Å²) in [5.74, 6) is -0.683. The van der Waals surface area contributed by atoms with Crippen LogP contribution in [0.2, 0.25) is 0 Å². The van der Waals surface area contributed by atoms with Crippen LogP contribution in [0.1, 0.15) is 31.4 Å². The zero-order chi connectivity index (χ0) is 14.4. The minimum Gasteiger partial charge on any atom is -0.447 e. The lowest BCUT2D eigenvalue weighted by molar-refractivity contribution is -0.155. The van der Waals surface area contributed by atoms with Crippen molar-refractivity contribution in [2.24, 2.45) is 0 Å². The number of benzene rings is 1. The number of carbonyl (C=O) groups excluding carboxylic acids is 1. The first-order valence-electron chi connectivity index (χ1n) is 6.17. The Morgan fingerprint density at radius 3 is 2.37 bits per heavy atom. The molecule has 106 valence electrons. The first kappa shape index (κ1) is 15.6. The molecule has 0 aliphatic rings. The van der Waals surface area contributed by atoms with Crippen molar-refractivity contribution in [3.05, 3.63) is 35.6 Å². The van der Waals surface area contributed by atoms with Crippen molar-refractivity contribution in [3.63, 3.8) is 0 Å². The number of carbonyl (C=O) groups is 1. The van der Waals surface area contributed by atoms with Crippen LogP contribution in [-0.2, 0) is 9.53 Å². The SMILES string of the molecule is CC(=O)OC(CCC(O)c1ccc(F)cc1)N(C)C. The van der Waals surface area contributed by atoms with Crippen molar-refractivity contribution in [1.82, 2.24) is 4.90 Å².